The van der Waals surface area contributed by atoms with Gasteiger partial charge in [-0.1, -0.05) is 6.92 Å². The molecule has 0 rings (SSSR count). The van der Waals surface area contributed by atoms with Gasteiger partial charge >= 0.3 is 0 Å². The first-order valence-corrected chi connectivity index (χ1v) is 7.50. The summed E-state index contributed by atoms with van der Waals surface area (Å²) in [5.74, 6) is 0. The summed E-state index contributed by atoms with van der Waals surface area (Å²) in [4.78, 5) is 0. The molecule has 16 heavy (non-hydrogen) atoms. The summed E-state index contributed by atoms with van der Waals surface area (Å²) in [5, 5.41) is 4.16. The van der Waals surface area contributed by atoms with Crippen molar-refractivity contribution in [3.8, 4) is 0 Å². The van der Waals surface area contributed by atoms with Crippen LogP contribution in [0.1, 0.15) is 33.6 Å². The summed E-state index contributed by atoms with van der Waals surface area (Å²) in [7, 11) is 0. The largest absolute Gasteiger partial charge is 0.353 e. The standard InChI is InChI=1S/C12H27NO2S/c1-5-14-12(15-6-2)8-10-13-9-7-11(3)16-4/h11-13H,5-10H2,1-4H3. The van der Waals surface area contributed by atoms with Crippen molar-refractivity contribution >= 4 is 11.8 Å². The summed E-state index contributed by atoms with van der Waals surface area (Å²) >= 11 is 1.92. The molecule has 98 valence electrons. The first-order valence-electron chi connectivity index (χ1n) is 6.21. The Bertz CT molecular complexity index is 141. The predicted octanol–water partition coefficient (Wildman–Crippen LogP) is 2.51. The highest BCUT2D eigenvalue weighted by Gasteiger charge is 2.06. The van der Waals surface area contributed by atoms with Gasteiger partial charge in [0.25, 0.3) is 0 Å². The molecule has 0 aliphatic rings. The Morgan fingerprint density at radius 3 is 2.12 bits per heavy atom. The van der Waals surface area contributed by atoms with Crippen molar-refractivity contribution in [3.63, 3.8) is 0 Å². The molecule has 0 fully saturated rings. The smallest absolute Gasteiger partial charge is 0.158 e. The third kappa shape index (κ3) is 9.46. The highest BCUT2D eigenvalue weighted by atomic mass is 32.2. The van der Waals surface area contributed by atoms with Crippen LogP contribution in [0.2, 0.25) is 0 Å². The van der Waals surface area contributed by atoms with Gasteiger partial charge in [0.15, 0.2) is 6.29 Å². The summed E-state index contributed by atoms with van der Waals surface area (Å²) in [5.41, 5.74) is 0. The monoisotopic (exact) mass is 249 g/mol. The quantitative estimate of drug-likeness (QED) is 0.450. The van der Waals surface area contributed by atoms with E-state index in [4.69, 9.17) is 9.47 Å². The Balaban J connectivity index is 3.39. The van der Waals surface area contributed by atoms with Gasteiger partial charge in [-0.05, 0) is 39.6 Å². The SMILES string of the molecule is CCOC(CCNCCC(C)SC)OCC. The second-order valence-corrected chi connectivity index (χ2v) is 4.99. The molecule has 4 heteroatoms. The maximum atomic E-state index is 5.46. The lowest BCUT2D eigenvalue weighted by molar-refractivity contribution is -0.138. The van der Waals surface area contributed by atoms with Crippen LogP contribution in [0.4, 0.5) is 0 Å². The third-order valence-corrected chi connectivity index (χ3v) is 3.43. The Hall–Kier alpha value is 0.230. The van der Waals surface area contributed by atoms with Crippen LogP contribution in [0, 0.1) is 0 Å². The number of rotatable bonds is 11. The summed E-state index contributed by atoms with van der Waals surface area (Å²) in [6.07, 6.45) is 4.26. The maximum Gasteiger partial charge on any atom is 0.158 e. The van der Waals surface area contributed by atoms with Gasteiger partial charge in [-0.3, -0.25) is 0 Å². The highest BCUT2D eigenvalue weighted by Crippen LogP contribution is 2.08. The van der Waals surface area contributed by atoms with Crippen LogP contribution in [-0.2, 0) is 9.47 Å². The van der Waals surface area contributed by atoms with Gasteiger partial charge < -0.3 is 14.8 Å². The van der Waals surface area contributed by atoms with Gasteiger partial charge in [0.2, 0.25) is 0 Å². The molecule has 0 aliphatic carbocycles. The van der Waals surface area contributed by atoms with E-state index in [0.717, 1.165) is 24.8 Å². The molecule has 1 N–H and O–H groups in total. The van der Waals surface area contributed by atoms with Gasteiger partial charge in [0.05, 0.1) is 0 Å². The van der Waals surface area contributed by atoms with Gasteiger partial charge in [0, 0.05) is 24.9 Å². The fraction of sp³-hybridized carbons (Fsp3) is 1.00. The molecular weight excluding hydrogens is 222 g/mol. The van der Waals surface area contributed by atoms with E-state index < -0.39 is 0 Å². The number of hydrogen-bond donors (Lipinski definition) is 1. The lowest BCUT2D eigenvalue weighted by Gasteiger charge is -2.17. The van der Waals surface area contributed by atoms with E-state index in [1.807, 2.05) is 25.6 Å². The van der Waals surface area contributed by atoms with Crippen molar-refractivity contribution in [2.75, 3.05) is 32.6 Å². The molecule has 0 radical (unpaired) electrons. The zero-order chi connectivity index (χ0) is 12.2. The van der Waals surface area contributed by atoms with Crippen LogP contribution in [0.15, 0.2) is 0 Å². The summed E-state index contributed by atoms with van der Waals surface area (Å²) in [6.45, 7) is 9.73. The average Bonchev–Trinajstić information content (AvgIpc) is 2.28. The molecule has 0 saturated heterocycles. The van der Waals surface area contributed by atoms with Crippen molar-refractivity contribution in [3.05, 3.63) is 0 Å². The fourth-order valence-electron chi connectivity index (χ4n) is 1.35. The van der Waals surface area contributed by atoms with Crippen molar-refractivity contribution in [1.82, 2.24) is 5.32 Å². The van der Waals surface area contributed by atoms with E-state index >= 15 is 0 Å². The first kappa shape index (κ1) is 16.2. The molecule has 0 saturated carbocycles. The van der Waals surface area contributed by atoms with Crippen molar-refractivity contribution in [2.24, 2.45) is 0 Å². The van der Waals surface area contributed by atoms with Crippen LogP contribution in [-0.4, -0.2) is 44.1 Å². The van der Waals surface area contributed by atoms with Crippen LogP contribution in [0.5, 0.6) is 0 Å². The van der Waals surface area contributed by atoms with Gasteiger partial charge in [0.1, 0.15) is 0 Å². The molecule has 0 bridgehead atoms. The topological polar surface area (TPSA) is 30.5 Å². The molecule has 0 amide bonds. The van der Waals surface area contributed by atoms with Crippen LogP contribution < -0.4 is 5.32 Å². The molecule has 1 atom stereocenters. The van der Waals surface area contributed by atoms with E-state index in [-0.39, 0.29) is 6.29 Å². The van der Waals surface area contributed by atoms with Crippen LogP contribution in [0.25, 0.3) is 0 Å². The lowest BCUT2D eigenvalue weighted by Crippen LogP contribution is -2.26. The normalized spacial score (nSPS) is 13.3. The molecule has 0 aromatic rings. The van der Waals surface area contributed by atoms with Gasteiger partial charge in [-0.25, -0.2) is 0 Å². The van der Waals surface area contributed by atoms with Crippen molar-refractivity contribution < 1.29 is 9.47 Å². The Kier molecular flexibility index (Phi) is 11.9. The van der Waals surface area contributed by atoms with E-state index in [0.29, 0.717) is 13.2 Å². The van der Waals surface area contributed by atoms with Crippen LogP contribution in [0.3, 0.4) is 0 Å². The molecule has 0 spiro atoms. The second-order valence-electron chi connectivity index (χ2n) is 3.71. The molecule has 0 heterocycles. The van der Waals surface area contributed by atoms with Gasteiger partial charge in [-0.15, -0.1) is 0 Å². The zero-order valence-electron chi connectivity index (χ0n) is 11.1. The summed E-state index contributed by atoms with van der Waals surface area (Å²) < 4.78 is 10.9. The summed E-state index contributed by atoms with van der Waals surface area (Å²) in [6, 6.07) is 0. The molecule has 3 nitrogen and oxygen atoms in total. The lowest BCUT2D eigenvalue weighted by atomic mass is 10.3. The Morgan fingerprint density at radius 1 is 1.06 bits per heavy atom. The number of hydrogen-bond acceptors (Lipinski definition) is 4. The van der Waals surface area contributed by atoms with Crippen LogP contribution >= 0.6 is 11.8 Å². The molecular formula is C12H27NO2S. The zero-order valence-corrected chi connectivity index (χ0v) is 11.9. The first-order chi connectivity index (χ1) is 7.74. The molecule has 0 aromatic carbocycles. The highest BCUT2D eigenvalue weighted by molar-refractivity contribution is 7.99. The minimum absolute atomic E-state index is 0.0412. The third-order valence-electron chi connectivity index (χ3n) is 2.39. The van der Waals surface area contributed by atoms with E-state index in [2.05, 4.69) is 18.5 Å². The predicted molar refractivity (Wildman–Crippen MR) is 72.1 cm³/mol. The number of thioether (sulfide) groups is 1. The average molecular weight is 249 g/mol. The maximum absolute atomic E-state index is 5.46. The molecule has 0 aliphatic heterocycles. The Labute approximate surface area is 105 Å². The second kappa shape index (κ2) is 11.7. The number of nitrogens with one attached hydrogen (secondary N) is 1. The minimum atomic E-state index is -0.0412. The molecule has 1 unspecified atom stereocenters. The van der Waals surface area contributed by atoms with Crippen molar-refractivity contribution in [2.45, 2.75) is 45.2 Å². The molecule has 0 aromatic heterocycles. The Morgan fingerprint density at radius 2 is 1.62 bits per heavy atom. The van der Waals surface area contributed by atoms with E-state index in [1.54, 1.807) is 0 Å². The number of ether oxygens (including phenoxy) is 2. The minimum Gasteiger partial charge on any atom is -0.353 e. The van der Waals surface area contributed by atoms with Crippen molar-refractivity contribution in [1.29, 1.82) is 0 Å². The van der Waals surface area contributed by atoms with E-state index in [1.165, 1.54) is 6.42 Å². The van der Waals surface area contributed by atoms with Gasteiger partial charge in [-0.2, -0.15) is 11.8 Å². The fourth-order valence-corrected chi connectivity index (χ4v) is 1.71. The van der Waals surface area contributed by atoms with E-state index in [9.17, 15) is 0 Å².